The number of aliphatic hydroxyl groups is 1. The molecule has 0 saturated carbocycles. The summed E-state index contributed by atoms with van der Waals surface area (Å²) >= 11 is 0. The lowest BCUT2D eigenvalue weighted by molar-refractivity contribution is 0.278. The molecular weight excluding hydrogens is 310 g/mol. The van der Waals surface area contributed by atoms with Crippen molar-refractivity contribution in [2.45, 2.75) is 37.6 Å². The van der Waals surface area contributed by atoms with Crippen LogP contribution < -0.4 is 4.72 Å². The van der Waals surface area contributed by atoms with Gasteiger partial charge in [0.05, 0.1) is 4.90 Å². The lowest BCUT2D eigenvalue weighted by atomic mass is 10.0. The van der Waals surface area contributed by atoms with Gasteiger partial charge in [-0.2, -0.15) is 0 Å². The van der Waals surface area contributed by atoms with Crippen LogP contribution in [0.3, 0.4) is 0 Å². The molecule has 23 heavy (non-hydrogen) atoms. The Balaban J connectivity index is 2.32. The zero-order valence-electron chi connectivity index (χ0n) is 13.5. The first-order valence-corrected chi connectivity index (χ1v) is 9.18. The van der Waals surface area contributed by atoms with E-state index in [1.54, 1.807) is 13.0 Å². The number of hydrogen-bond acceptors (Lipinski definition) is 3. The van der Waals surface area contributed by atoms with Crippen LogP contribution in [0.5, 0.6) is 0 Å². The number of rotatable bonds is 7. The minimum absolute atomic E-state index is 0.0362. The molecule has 0 aliphatic rings. The molecule has 2 aromatic rings. The summed E-state index contributed by atoms with van der Waals surface area (Å²) in [7, 11) is -3.62. The second-order valence-corrected chi connectivity index (χ2v) is 7.40. The van der Waals surface area contributed by atoms with Gasteiger partial charge in [0.2, 0.25) is 10.0 Å². The van der Waals surface area contributed by atoms with Gasteiger partial charge in [0.25, 0.3) is 0 Å². The maximum Gasteiger partial charge on any atom is 0.241 e. The number of hydrogen-bond donors (Lipinski definition) is 2. The molecule has 0 aromatic heterocycles. The van der Waals surface area contributed by atoms with Crippen molar-refractivity contribution in [1.29, 1.82) is 0 Å². The van der Waals surface area contributed by atoms with Gasteiger partial charge in [-0.3, -0.25) is 0 Å². The summed E-state index contributed by atoms with van der Waals surface area (Å²) in [5, 5.41) is 9.08. The number of sulfonamides is 1. The molecule has 5 heteroatoms. The molecule has 0 aliphatic heterocycles. The average Bonchev–Trinajstić information content (AvgIpc) is 2.54. The van der Waals surface area contributed by atoms with Crippen LogP contribution in [0.2, 0.25) is 0 Å². The highest BCUT2D eigenvalue weighted by Crippen LogP contribution is 2.23. The summed E-state index contributed by atoms with van der Waals surface area (Å²) < 4.78 is 28.3. The normalized spacial score (nSPS) is 13.0. The molecule has 0 saturated heterocycles. The Hall–Kier alpha value is -1.69. The molecule has 0 bridgehead atoms. The Morgan fingerprint density at radius 2 is 1.78 bits per heavy atom. The number of nitrogens with one attached hydrogen (secondary N) is 1. The van der Waals surface area contributed by atoms with Crippen molar-refractivity contribution in [2.24, 2.45) is 0 Å². The van der Waals surface area contributed by atoms with Crippen LogP contribution in [0, 0.1) is 13.8 Å². The van der Waals surface area contributed by atoms with Crippen molar-refractivity contribution >= 4 is 10.0 Å². The van der Waals surface area contributed by atoms with Crippen molar-refractivity contribution in [2.75, 3.05) is 6.61 Å². The minimum atomic E-state index is -3.62. The number of benzene rings is 2. The molecule has 2 N–H and O–H groups in total. The van der Waals surface area contributed by atoms with E-state index in [1.165, 1.54) is 0 Å². The van der Waals surface area contributed by atoms with Gasteiger partial charge >= 0.3 is 0 Å². The van der Waals surface area contributed by atoms with E-state index in [0.717, 1.165) is 16.7 Å². The SMILES string of the molecule is Cc1ccc(C)c(S(=O)(=O)NC(CCCO)c2ccccc2)c1. The zero-order valence-corrected chi connectivity index (χ0v) is 14.3. The monoisotopic (exact) mass is 333 g/mol. The van der Waals surface area contributed by atoms with Crippen molar-refractivity contribution in [1.82, 2.24) is 4.72 Å². The van der Waals surface area contributed by atoms with E-state index in [-0.39, 0.29) is 12.6 Å². The third-order valence-corrected chi connectivity index (χ3v) is 5.40. The minimum Gasteiger partial charge on any atom is -0.396 e. The average molecular weight is 333 g/mol. The fourth-order valence-electron chi connectivity index (χ4n) is 2.52. The van der Waals surface area contributed by atoms with Gasteiger partial charge in [-0.05, 0) is 49.4 Å². The topological polar surface area (TPSA) is 66.4 Å². The summed E-state index contributed by atoms with van der Waals surface area (Å²) in [5.41, 5.74) is 2.52. The fourth-order valence-corrected chi connectivity index (χ4v) is 4.11. The van der Waals surface area contributed by atoms with Crippen LogP contribution in [-0.2, 0) is 10.0 Å². The maximum atomic E-state index is 12.8. The van der Waals surface area contributed by atoms with E-state index in [0.29, 0.717) is 17.7 Å². The summed E-state index contributed by atoms with van der Waals surface area (Å²) in [5.74, 6) is 0. The molecule has 0 fully saturated rings. The number of aryl methyl sites for hydroxylation is 2. The van der Waals surface area contributed by atoms with Crippen molar-refractivity contribution in [3.8, 4) is 0 Å². The summed E-state index contributed by atoms with van der Waals surface area (Å²) in [6.07, 6.45) is 1.08. The van der Waals surface area contributed by atoms with Crippen molar-refractivity contribution in [3.05, 3.63) is 65.2 Å². The molecule has 124 valence electrons. The molecule has 1 atom stereocenters. The highest BCUT2D eigenvalue weighted by Gasteiger charge is 2.22. The second-order valence-electron chi connectivity index (χ2n) is 5.72. The lowest BCUT2D eigenvalue weighted by Crippen LogP contribution is -2.29. The standard InChI is InChI=1S/C18H23NO3S/c1-14-10-11-15(2)18(13-14)23(21,22)19-17(9-6-12-20)16-7-4-3-5-8-16/h3-5,7-8,10-11,13,17,19-20H,6,9,12H2,1-2H3. The molecule has 2 rings (SSSR count). The predicted molar refractivity (Wildman–Crippen MR) is 91.7 cm³/mol. The highest BCUT2D eigenvalue weighted by atomic mass is 32.2. The fraction of sp³-hybridized carbons (Fsp3) is 0.333. The van der Waals surface area contributed by atoms with Gasteiger partial charge in [0.15, 0.2) is 0 Å². The first-order valence-electron chi connectivity index (χ1n) is 7.69. The Morgan fingerprint density at radius 3 is 2.43 bits per heavy atom. The van der Waals surface area contributed by atoms with E-state index in [2.05, 4.69) is 4.72 Å². The summed E-state index contributed by atoms with van der Waals surface area (Å²) in [6, 6.07) is 14.5. The predicted octanol–water partition coefficient (Wildman–Crippen LogP) is 3.10. The van der Waals surface area contributed by atoms with E-state index in [1.807, 2.05) is 49.4 Å². The van der Waals surface area contributed by atoms with Crippen LogP contribution in [0.25, 0.3) is 0 Å². The van der Waals surface area contributed by atoms with Gasteiger partial charge < -0.3 is 5.11 Å². The largest absolute Gasteiger partial charge is 0.396 e. The molecule has 0 amide bonds. The molecular formula is C18H23NO3S. The van der Waals surface area contributed by atoms with E-state index < -0.39 is 10.0 Å². The Bertz CT molecular complexity index is 742. The van der Waals surface area contributed by atoms with Gasteiger partial charge in [0.1, 0.15) is 0 Å². The smallest absolute Gasteiger partial charge is 0.241 e. The van der Waals surface area contributed by atoms with E-state index >= 15 is 0 Å². The molecule has 0 spiro atoms. The lowest BCUT2D eigenvalue weighted by Gasteiger charge is -2.20. The quantitative estimate of drug-likeness (QED) is 0.818. The van der Waals surface area contributed by atoms with Gasteiger partial charge in [0, 0.05) is 12.6 Å². The molecule has 0 heterocycles. The van der Waals surface area contributed by atoms with Crippen molar-refractivity contribution in [3.63, 3.8) is 0 Å². The molecule has 1 unspecified atom stereocenters. The van der Waals surface area contributed by atoms with Gasteiger partial charge in [-0.25, -0.2) is 13.1 Å². The van der Waals surface area contributed by atoms with Crippen LogP contribution >= 0.6 is 0 Å². The summed E-state index contributed by atoms with van der Waals surface area (Å²) in [6.45, 7) is 3.70. The molecule has 0 radical (unpaired) electrons. The van der Waals surface area contributed by atoms with Crippen LogP contribution in [-0.4, -0.2) is 20.1 Å². The van der Waals surface area contributed by atoms with Crippen molar-refractivity contribution < 1.29 is 13.5 Å². The second kappa shape index (κ2) is 7.73. The zero-order chi connectivity index (χ0) is 16.9. The Kier molecular flexibility index (Phi) is 5.93. The first kappa shape index (κ1) is 17.7. The Labute approximate surface area is 138 Å². The third-order valence-electron chi connectivity index (χ3n) is 3.78. The first-order chi connectivity index (χ1) is 10.9. The number of aliphatic hydroxyl groups excluding tert-OH is 1. The third kappa shape index (κ3) is 4.64. The summed E-state index contributed by atoms with van der Waals surface area (Å²) in [4.78, 5) is 0.308. The molecule has 0 aliphatic carbocycles. The molecule has 4 nitrogen and oxygen atoms in total. The van der Waals surface area contributed by atoms with Crippen LogP contribution in [0.1, 0.15) is 35.6 Å². The van der Waals surface area contributed by atoms with Crippen LogP contribution in [0.4, 0.5) is 0 Å². The maximum absolute atomic E-state index is 12.8. The highest BCUT2D eigenvalue weighted by molar-refractivity contribution is 7.89. The Morgan fingerprint density at radius 1 is 1.09 bits per heavy atom. The van der Waals surface area contributed by atoms with Gasteiger partial charge in [-0.1, -0.05) is 42.5 Å². The van der Waals surface area contributed by atoms with E-state index in [9.17, 15) is 8.42 Å². The van der Waals surface area contributed by atoms with Gasteiger partial charge in [-0.15, -0.1) is 0 Å². The molecule has 2 aromatic carbocycles. The van der Waals surface area contributed by atoms with Crippen LogP contribution in [0.15, 0.2) is 53.4 Å². The van der Waals surface area contributed by atoms with E-state index in [4.69, 9.17) is 5.11 Å².